The fourth-order valence-electron chi connectivity index (χ4n) is 2.98. The number of benzene rings is 2. The number of halogens is 2. The van der Waals surface area contributed by atoms with Crippen molar-refractivity contribution in [2.24, 2.45) is 15.2 Å². The minimum atomic E-state index is -4.08. The predicted molar refractivity (Wildman–Crippen MR) is 119 cm³/mol. The van der Waals surface area contributed by atoms with Gasteiger partial charge in [0.25, 0.3) is 10.0 Å². The van der Waals surface area contributed by atoms with E-state index in [-0.39, 0.29) is 27.8 Å². The van der Waals surface area contributed by atoms with Crippen molar-refractivity contribution in [1.82, 2.24) is 4.98 Å². The molecule has 0 amide bonds. The molecule has 0 atom stereocenters. The molecule has 1 N–H and O–H groups in total. The van der Waals surface area contributed by atoms with Crippen LogP contribution in [-0.2, 0) is 10.0 Å². The third kappa shape index (κ3) is 4.92. The summed E-state index contributed by atoms with van der Waals surface area (Å²) in [6, 6.07) is 10.7. The van der Waals surface area contributed by atoms with Gasteiger partial charge in [-0.25, -0.2) is 17.8 Å². The number of sulfonamides is 1. The molecule has 0 unspecified atom stereocenters. The normalized spacial score (nSPS) is 13.2. The van der Waals surface area contributed by atoms with E-state index in [0.29, 0.717) is 29.4 Å². The maximum absolute atomic E-state index is 14.8. The Morgan fingerprint density at radius 1 is 1.16 bits per heavy atom. The van der Waals surface area contributed by atoms with E-state index in [1.165, 1.54) is 24.5 Å². The lowest BCUT2D eigenvalue weighted by Gasteiger charge is -2.15. The number of nitrogens with zero attached hydrogens (tertiary/aromatic N) is 4. The highest BCUT2D eigenvalue weighted by molar-refractivity contribution is 7.92. The minimum absolute atomic E-state index is 0.0754. The van der Waals surface area contributed by atoms with Crippen LogP contribution in [0.1, 0.15) is 5.56 Å². The lowest BCUT2D eigenvalue weighted by Crippen LogP contribution is -2.15. The summed E-state index contributed by atoms with van der Waals surface area (Å²) >= 11 is 6.05. The van der Waals surface area contributed by atoms with Crippen molar-refractivity contribution < 1.29 is 17.5 Å². The molecular weight excluding hydrogens is 457 g/mol. The van der Waals surface area contributed by atoms with Crippen molar-refractivity contribution in [3.8, 4) is 16.9 Å². The van der Waals surface area contributed by atoms with Gasteiger partial charge < -0.3 is 4.74 Å². The molecule has 1 aromatic heterocycles. The summed E-state index contributed by atoms with van der Waals surface area (Å²) in [7, 11) is -4.08. The van der Waals surface area contributed by atoms with Crippen LogP contribution in [0, 0.1) is 12.7 Å². The first-order valence-electron chi connectivity index (χ1n) is 9.39. The molecule has 4 rings (SSSR count). The SMILES string of the molecule is Cc1cncc(S(=O)(=O)Nc2c(F)cc(Cl)cc2-c2ccc(OCC3=NCN=N3)cc2)c1. The molecule has 32 heavy (non-hydrogen) atoms. The second-order valence-corrected chi connectivity index (χ2v) is 9.00. The van der Waals surface area contributed by atoms with E-state index in [1.807, 2.05) is 0 Å². The number of amidine groups is 1. The molecule has 3 aromatic rings. The lowest BCUT2D eigenvalue weighted by atomic mass is 10.0. The van der Waals surface area contributed by atoms with Crippen molar-refractivity contribution in [2.75, 3.05) is 18.0 Å². The van der Waals surface area contributed by atoms with E-state index in [9.17, 15) is 12.8 Å². The molecule has 8 nitrogen and oxygen atoms in total. The molecule has 1 aliphatic heterocycles. The number of pyridine rings is 1. The first-order valence-corrected chi connectivity index (χ1v) is 11.3. The fraction of sp³-hybridized carbons (Fsp3) is 0.143. The molecule has 0 fully saturated rings. The quantitative estimate of drug-likeness (QED) is 0.529. The van der Waals surface area contributed by atoms with Gasteiger partial charge in [0.2, 0.25) is 0 Å². The van der Waals surface area contributed by atoms with Gasteiger partial charge in [-0.1, -0.05) is 23.7 Å². The van der Waals surface area contributed by atoms with Crippen molar-refractivity contribution >= 4 is 33.1 Å². The third-order valence-electron chi connectivity index (χ3n) is 4.49. The number of aliphatic imine (C=N–C) groups is 1. The third-order valence-corrected chi connectivity index (χ3v) is 6.02. The number of aromatic nitrogens is 1. The summed E-state index contributed by atoms with van der Waals surface area (Å²) in [6.07, 6.45) is 2.72. The largest absolute Gasteiger partial charge is 0.486 e. The number of hydrogen-bond acceptors (Lipinski definition) is 7. The molecule has 1 aliphatic rings. The zero-order valence-electron chi connectivity index (χ0n) is 16.8. The standard InChI is InChI=1S/C21H17ClFN5O3S/c1-13-6-17(10-24-9-13)32(29,30)28-21-18(7-15(22)8-19(21)23)14-2-4-16(5-3-14)31-11-20-25-12-26-27-20/h2-10,28H,11-12H2,1H3. The maximum Gasteiger partial charge on any atom is 0.263 e. The van der Waals surface area contributed by atoms with Crippen LogP contribution in [0.3, 0.4) is 0 Å². The molecule has 2 heterocycles. The van der Waals surface area contributed by atoms with Gasteiger partial charge in [0.05, 0.1) is 5.69 Å². The summed E-state index contributed by atoms with van der Waals surface area (Å²) < 4.78 is 48.4. The van der Waals surface area contributed by atoms with E-state index in [4.69, 9.17) is 16.3 Å². The van der Waals surface area contributed by atoms with Crippen LogP contribution in [0.4, 0.5) is 10.1 Å². The molecule has 0 saturated carbocycles. The molecular formula is C21H17ClFN5O3S. The van der Waals surface area contributed by atoms with Crippen molar-refractivity contribution in [3.63, 3.8) is 0 Å². The number of anilines is 1. The number of rotatable bonds is 7. The van der Waals surface area contributed by atoms with Crippen LogP contribution in [0.5, 0.6) is 5.75 Å². The zero-order valence-corrected chi connectivity index (χ0v) is 18.4. The molecule has 2 aromatic carbocycles. The van der Waals surface area contributed by atoms with Crippen LogP contribution in [0.15, 0.2) is 75.0 Å². The van der Waals surface area contributed by atoms with Crippen molar-refractivity contribution in [2.45, 2.75) is 11.8 Å². The summed E-state index contributed by atoms with van der Waals surface area (Å²) in [4.78, 5) is 7.86. The van der Waals surface area contributed by atoms with Crippen LogP contribution in [0.2, 0.25) is 5.02 Å². The van der Waals surface area contributed by atoms with Crippen molar-refractivity contribution in [1.29, 1.82) is 0 Å². The summed E-state index contributed by atoms with van der Waals surface area (Å²) in [6.45, 7) is 2.19. The van der Waals surface area contributed by atoms with Gasteiger partial charge in [-0.15, -0.1) is 5.11 Å². The molecule has 164 valence electrons. The first-order chi connectivity index (χ1) is 15.3. The highest BCUT2D eigenvalue weighted by atomic mass is 35.5. The Balaban J connectivity index is 1.64. The predicted octanol–water partition coefficient (Wildman–Crippen LogP) is 4.85. The average molecular weight is 474 g/mol. The van der Waals surface area contributed by atoms with Crippen molar-refractivity contribution in [3.05, 3.63) is 71.3 Å². The topological polar surface area (TPSA) is 105 Å². The van der Waals surface area contributed by atoms with E-state index in [1.54, 1.807) is 31.2 Å². The lowest BCUT2D eigenvalue weighted by molar-refractivity contribution is 0.375. The average Bonchev–Trinajstić information content (AvgIpc) is 3.28. The Morgan fingerprint density at radius 2 is 1.94 bits per heavy atom. The minimum Gasteiger partial charge on any atom is -0.486 e. The Bertz CT molecular complexity index is 1330. The Kier molecular flexibility index (Phi) is 6.15. The van der Waals surface area contributed by atoms with Gasteiger partial charge in [0, 0.05) is 23.0 Å². The van der Waals surface area contributed by atoms with Gasteiger partial charge in [-0.3, -0.25) is 9.71 Å². The molecule has 0 bridgehead atoms. The van der Waals surface area contributed by atoms with Gasteiger partial charge in [-0.2, -0.15) is 5.11 Å². The summed E-state index contributed by atoms with van der Waals surface area (Å²) in [5.74, 6) is 0.226. The number of ether oxygens (including phenoxy) is 1. The van der Waals surface area contributed by atoms with Crippen LogP contribution < -0.4 is 9.46 Å². The molecule has 0 aliphatic carbocycles. The zero-order chi connectivity index (χ0) is 22.7. The summed E-state index contributed by atoms with van der Waals surface area (Å²) in [5, 5.41) is 7.71. The van der Waals surface area contributed by atoms with Gasteiger partial charge >= 0.3 is 0 Å². The second-order valence-electron chi connectivity index (χ2n) is 6.88. The summed E-state index contributed by atoms with van der Waals surface area (Å²) in [5.41, 5.74) is 1.26. The van der Waals surface area contributed by atoms with Crippen LogP contribution >= 0.6 is 11.6 Å². The fourth-order valence-corrected chi connectivity index (χ4v) is 4.32. The maximum atomic E-state index is 14.8. The van der Waals surface area contributed by atoms with E-state index >= 15 is 0 Å². The monoisotopic (exact) mass is 473 g/mol. The van der Waals surface area contributed by atoms with Crippen LogP contribution in [0.25, 0.3) is 11.1 Å². The second kappa shape index (κ2) is 9.01. The van der Waals surface area contributed by atoms with Gasteiger partial charge in [-0.05, 0) is 48.4 Å². The number of nitrogens with one attached hydrogen (secondary N) is 1. The number of hydrogen-bond donors (Lipinski definition) is 1. The highest BCUT2D eigenvalue weighted by Crippen LogP contribution is 2.35. The molecule has 0 radical (unpaired) electrons. The van der Waals surface area contributed by atoms with E-state index < -0.39 is 15.8 Å². The van der Waals surface area contributed by atoms with Gasteiger partial charge in [0.1, 0.15) is 23.1 Å². The van der Waals surface area contributed by atoms with E-state index in [2.05, 4.69) is 24.9 Å². The Labute approximate surface area is 188 Å². The van der Waals surface area contributed by atoms with Crippen LogP contribution in [-0.4, -0.2) is 32.5 Å². The number of azo groups is 1. The highest BCUT2D eigenvalue weighted by Gasteiger charge is 2.21. The van der Waals surface area contributed by atoms with E-state index in [0.717, 1.165) is 6.07 Å². The Hall–Kier alpha value is -3.37. The smallest absolute Gasteiger partial charge is 0.263 e. The Morgan fingerprint density at radius 3 is 2.62 bits per heavy atom. The molecule has 11 heteroatoms. The first kappa shape index (κ1) is 21.8. The molecule has 0 spiro atoms. The molecule has 0 saturated heterocycles. The number of aryl methyl sites for hydroxylation is 1. The van der Waals surface area contributed by atoms with Gasteiger partial charge in [0.15, 0.2) is 12.5 Å².